The van der Waals surface area contributed by atoms with Gasteiger partial charge in [0.15, 0.2) is 0 Å². The van der Waals surface area contributed by atoms with Crippen LogP contribution in [-0.2, 0) is 10.3 Å². The molecule has 100 valence electrons. The van der Waals surface area contributed by atoms with Gasteiger partial charge in [-0.2, -0.15) is 0 Å². The van der Waals surface area contributed by atoms with Crippen LogP contribution in [0.25, 0.3) is 0 Å². The molecule has 2 rings (SSSR count). The van der Waals surface area contributed by atoms with E-state index in [1.165, 1.54) is 0 Å². The monoisotopic (exact) mass is 250 g/mol. The number of hydrogen-bond acceptors (Lipinski definition) is 3. The van der Waals surface area contributed by atoms with Crippen LogP contribution in [0.1, 0.15) is 38.7 Å². The van der Waals surface area contributed by atoms with Crippen LogP contribution in [0.5, 0.6) is 5.75 Å². The van der Waals surface area contributed by atoms with Crippen molar-refractivity contribution < 1.29 is 14.6 Å². The Bertz CT molecular complexity index is 379. The summed E-state index contributed by atoms with van der Waals surface area (Å²) in [7, 11) is 0. The average Bonchev–Trinajstić information content (AvgIpc) is 2.55. The molecule has 0 saturated carbocycles. The summed E-state index contributed by atoms with van der Waals surface area (Å²) in [6.45, 7) is 5.33. The van der Waals surface area contributed by atoms with Crippen molar-refractivity contribution in [3.05, 3.63) is 29.8 Å². The molecule has 1 fully saturated rings. The normalized spacial score (nSPS) is 24.9. The number of aliphatic hydroxyl groups is 1. The van der Waals surface area contributed by atoms with E-state index >= 15 is 0 Å². The molecule has 1 aromatic carbocycles. The van der Waals surface area contributed by atoms with Gasteiger partial charge in [-0.05, 0) is 32.8 Å². The van der Waals surface area contributed by atoms with Crippen LogP contribution in [0.15, 0.2) is 24.3 Å². The first-order valence-corrected chi connectivity index (χ1v) is 6.68. The van der Waals surface area contributed by atoms with Crippen LogP contribution in [0.3, 0.4) is 0 Å². The van der Waals surface area contributed by atoms with Gasteiger partial charge in [0.25, 0.3) is 0 Å². The van der Waals surface area contributed by atoms with Crippen LogP contribution in [0.4, 0.5) is 0 Å². The van der Waals surface area contributed by atoms with Gasteiger partial charge in [-0.1, -0.05) is 18.2 Å². The van der Waals surface area contributed by atoms with Crippen molar-refractivity contribution in [2.24, 2.45) is 0 Å². The first-order valence-electron chi connectivity index (χ1n) is 6.68. The number of benzene rings is 1. The van der Waals surface area contributed by atoms with Gasteiger partial charge in [0.2, 0.25) is 0 Å². The van der Waals surface area contributed by atoms with E-state index in [9.17, 15) is 5.11 Å². The summed E-state index contributed by atoms with van der Waals surface area (Å²) in [6, 6.07) is 7.78. The lowest BCUT2D eigenvalue weighted by Gasteiger charge is -2.29. The molecule has 0 aliphatic carbocycles. The van der Waals surface area contributed by atoms with Gasteiger partial charge < -0.3 is 14.6 Å². The molecule has 18 heavy (non-hydrogen) atoms. The smallest absolute Gasteiger partial charge is 0.125 e. The van der Waals surface area contributed by atoms with Gasteiger partial charge in [-0.3, -0.25) is 0 Å². The predicted octanol–water partition coefficient (Wildman–Crippen LogP) is 2.86. The quantitative estimate of drug-likeness (QED) is 0.896. The fourth-order valence-electron chi connectivity index (χ4n) is 2.41. The predicted molar refractivity (Wildman–Crippen MR) is 70.8 cm³/mol. The molecule has 3 heteroatoms. The lowest BCUT2D eigenvalue weighted by Crippen LogP contribution is -2.27. The molecular formula is C15H22O3. The van der Waals surface area contributed by atoms with E-state index in [1.807, 2.05) is 38.1 Å². The Kier molecular flexibility index (Phi) is 4.25. The lowest BCUT2D eigenvalue weighted by atomic mass is 9.86. The standard InChI is InChI=1S/C15H22O3/c1-12(2)18-14-7-4-3-6-13(14)15(16)8-5-10-17-11-9-15/h3-4,6-7,12,16H,5,8-11H2,1-2H3. The van der Waals surface area contributed by atoms with E-state index in [0.717, 1.165) is 30.8 Å². The third-order valence-corrected chi connectivity index (χ3v) is 3.29. The highest BCUT2D eigenvalue weighted by molar-refractivity contribution is 5.38. The molecule has 1 saturated heterocycles. The minimum atomic E-state index is -0.817. The van der Waals surface area contributed by atoms with Gasteiger partial charge in [0, 0.05) is 25.2 Å². The number of para-hydroxylation sites is 1. The maximum absolute atomic E-state index is 10.9. The highest BCUT2D eigenvalue weighted by atomic mass is 16.5. The van der Waals surface area contributed by atoms with Crippen molar-refractivity contribution in [1.82, 2.24) is 0 Å². The van der Waals surface area contributed by atoms with Crippen LogP contribution >= 0.6 is 0 Å². The molecule has 0 spiro atoms. The van der Waals surface area contributed by atoms with Crippen LogP contribution in [-0.4, -0.2) is 24.4 Å². The van der Waals surface area contributed by atoms with Crippen molar-refractivity contribution in [1.29, 1.82) is 0 Å². The molecule has 1 atom stereocenters. The Morgan fingerprint density at radius 1 is 1.22 bits per heavy atom. The Morgan fingerprint density at radius 2 is 2.00 bits per heavy atom. The van der Waals surface area contributed by atoms with E-state index in [4.69, 9.17) is 9.47 Å². The molecule has 1 unspecified atom stereocenters. The lowest BCUT2D eigenvalue weighted by molar-refractivity contribution is 0.0112. The van der Waals surface area contributed by atoms with Crippen molar-refractivity contribution in [3.63, 3.8) is 0 Å². The number of ether oxygens (including phenoxy) is 2. The van der Waals surface area contributed by atoms with Crippen LogP contribution in [0.2, 0.25) is 0 Å². The third kappa shape index (κ3) is 3.03. The second-order valence-corrected chi connectivity index (χ2v) is 5.16. The fraction of sp³-hybridized carbons (Fsp3) is 0.600. The highest BCUT2D eigenvalue weighted by Crippen LogP contribution is 2.37. The first kappa shape index (κ1) is 13.4. The maximum Gasteiger partial charge on any atom is 0.125 e. The molecular weight excluding hydrogens is 228 g/mol. The zero-order chi connectivity index (χ0) is 13.0. The third-order valence-electron chi connectivity index (χ3n) is 3.29. The van der Waals surface area contributed by atoms with Gasteiger partial charge >= 0.3 is 0 Å². The Hall–Kier alpha value is -1.06. The van der Waals surface area contributed by atoms with Crippen molar-refractivity contribution in [2.75, 3.05) is 13.2 Å². The second kappa shape index (κ2) is 5.72. The fourth-order valence-corrected chi connectivity index (χ4v) is 2.41. The molecule has 1 N–H and O–H groups in total. The number of hydrogen-bond donors (Lipinski definition) is 1. The van der Waals surface area contributed by atoms with Crippen LogP contribution in [0, 0.1) is 0 Å². The molecule has 1 heterocycles. The van der Waals surface area contributed by atoms with Gasteiger partial charge in [-0.15, -0.1) is 0 Å². The maximum atomic E-state index is 10.9. The largest absolute Gasteiger partial charge is 0.491 e. The molecule has 0 aromatic heterocycles. The molecule has 1 aliphatic heterocycles. The Morgan fingerprint density at radius 3 is 2.78 bits per heavy atom. The van der Waals surface area contributed by atoms with Gasteiger partial charge in [-0.25, -0.2) is 0 Å². The zero-order valence-electron chi connectivity index (χ0n) is 11.2. The Labute approximate surface area is 109 Å². The highest BCUT2D eigenvalue weighted by Gasteiger charge is 2.33. The van der Waals surface area contributed by atoms with Crippen LogP contribution < -0.4 is 4.74 Å². The van der Waals surface area contributed by atoms with Crippen molar-refractivity contribution >= 4 is 0 Å². The molecule has 3 nitrogen and oxygen atoms in total. The SMILES string of the molecule is CC(C)Oc1ccccc1C1(O)CCCOCC1. The van der Waals surface area contributed by atoms with Gasteiger partial charge in [0.05, 0.1) is 11.7 Å². The summed E-state index contributed by atoms with van der Waals surface area (Å²) in [5.41, 5.74) is 0.0753. The van der Waals surface area contributed by atoms with E-state index < -0.39 is 5.60 Å². The summed E-state index contributed by atoms with van der Waals surface area (Å²) in [5, 5.41) is 10.9. The summed E-state index contributed by atoms with van der Waals surface area (Å²) >= 11 is 0. The van der Waals surface area contributed by atoms with E-state index in [1.54, 1.807) is 0 Å². The minimum absolute atomic E-state index is 0.108. The molecule has 0 amide bonds. The van der Waals surface area contributed by atoms with Crippen molar-refractivity contribution in [3.8, 4) is 5.75 Å². The Balaban J connectivity index is 2.30. The topological polar surface area (TPSA) is 38.7 Å². The summed E-state index contributed by atoms with van der Waals surface area (Å²) < 4.78 is 11.2. The molecule has 1 aliphatic rings. The summed E-state index contributed by atoms with van der Waals surface area (Å²) in [6.07, 6.45) is 2.35. The van der Waals surface area contributed by atoms with E-state index in [2.05, 4.69) is 0 Å². The van der Waals surface area contributed by atoms with Crippen molar-refractivity contribution in [2.45, 2.75) is 44.8 Å². The van der Waals surface area contributed by atoms with Gasteiger partial charge in [0.1, 0.15) is 5.75 Å². The molecule has 0 bridgehead atoms. The van der Waals surface area contributed by atoms with E-state index in [0.29, 0.717) is 13.0 Å². The minimum Gasteiger partial charge on any atom is -0.491 e. The zero-order valence-corrected chi connectivity index (χ0v) is 11.2. The summed E-state index contributed by atoms with van der Waals surface area (Å²) in [4.78, 5) is 0. The summed E-state index contributed by atoms with van der Waals surface area (Å²) in [5.74, 6) is 0.789. The average molecular weight is 250 g/mol. The molecule has 1 aromatic rings. The first-order chi connectivity index (χ1) is 8.62. The molecule has 0 radical (unpaired) electrons. The number of rotatable bonds is 3. The second-order valence-electron chi connectivity index (χ2n) is 5.16. The van der Waals surface area contributed by atoms with E-state index in [-0.39, 0.29) is 6.10 Å².